The topological polar surface area (TPSA) is 59.7 Å². The Bertz CT molecular complexity index is 440. The molecule has 0 bridgehead atoms. The quantitative estimate of drug-likeness (QED) is 0.553. The van der Waals surface area contributed by atoms with Gasteiger partial charge in [-0.2, -0.15) is 0 Å². The summed E-state index contributed by atoms with van der Waals surface area (Å²) >= 11 is 1.82. The van der Waals surface area contributed by atoms with Crippen LogP contribution in [0.1, 0.15) is 30.9 Å². The number of thioether (sulfide) groups is 1. The second-order valence-corrected chi connectivity index (χ2v) is 4.95. The highest BCUT2D eigenvalue weighted by atomic mass is 32.2. The van der Waals surface area contributed by atoms with E-state index in [2.05, 4.69) is 12.2 Å². The van der Waals surface area contributed by atoms with Gasteiger partial charge in [-0.15, -0.1) is 11.8 Å². The van der Waals surface area contributed by atoms with Crippen LogP contribution >= 0.6 is 11.8 Å². The van der Waals surface area contributed by atoms with E-state index in [0.29, 0.717) is 11.7 Å². The summed E-state index contributed by atoms with van der Waals surface area (Å²) < 4.78 is 0. The first kappa shape index (κ1) is 11.2. The Morgan fingerprint density at radius 3 is 2.69 bits per heavy atom. The molecule has 0 fully saturated rings. The summed E-state index contributed by atoms with van der Waals surface area (Å²) in [6, 6.07) is 5.97. The van der Waals surface area contributed by atoms with Gasteiger partial charge in [-0.1, -0.05) is 13.3 Å². The molecule has 3 N–H and O–H groups in total. The third-order valence-corrected chi connectivity index (χ3v) is 3.63. The van der Waals surface area contributed by atoms with Crippen LogP contribution in [-0.4, -0.2) is 17.4 Å². The summed E-state index contributed by atoms with van der Waals surface area (Å²) in [6.07, 6.45) is 2.42. The maximum Gasteiger partial charge on any atom is 0.131 e. The highest BCUT2D eigenvalue weighted by Crippen LogP contribution is 2.24. The molecular weight excluding hydrogens is 218 g/mol. The molecule has 1 aromatic carbocycles. The van der Waals surface area contributed by atoms with E-state index in [9.17, 15) is 0 Å². The van der Waals surface area contributed by atoms with Crippen molar-refractivity contribution < 1.29 is 0 Å². The summed E-state index contributed by atoms with van der Waals surface area (Å²) in [6.45, 7) is 2.18. The Hall–Kier alpha value is -1.29. The normalized spacial score (nSPS) is 13.8. The van der Waals surface area contributed by atoms with E-state index in [1.807, 2.05) is 30.0 Å². The summed E-state index contributed by atoms with van der Waals surface area (Å²) in [5.41, 5.74) is 1.69. The van der Waals surface area contributed by atoms with Gasteiger partial charge in [0.15, 0.2) is 0 Å². The maximum atomic E-state index is 7.71. The van der Waals surface area contributed by atoms with Crippen LogP contribution in [0.4, 0.5) is 0 Å². The van der Waals surface area contributed by atoms with Crippen LogP contribution in [0.5, 0.6) is 0 Å². The van der Waals surface area contributed by atoms with Crippen LogP contribution in [0.2, 0.25) is 0 Å². The predicted molar refractivity (Wildman–Crippen MR) is 68.9 cm³/mol. The first-order valence-corrected chi connectivity index (χ1v) is 6.42. The van der Waals surface area contributed by atoms with Gasteiger partial charge in [-0.25, -0.2) is 0 Å². The summed E-state index contributed by atoms with van der Waals surface area (Å²) in [5, 5.41) is 18.1. The van der Waals surface area contributed by atoms with Gasteiger partial charge in [-0.05, 0) is 30.4 Å². The van der Waals surface area contributed by atoms with Gasteiger partial charge < -0.3 is 5.32 Å². The fourth-order valence-electron chi connectivity index (χ4n) is 1.63. The van der Waals surface area contributed by atoms with Crippen molar-refractivity contribution in [1.29, 1.82) is 10.8 Å². The SMILES string of the molecule is CCCCSc1ccc2c(c1)C(=N)NC2=N. The molecule has 4 heteroatoms. The van der Waals surface area contributed by atoms with Crippen molar-refractivity contribution in [3.8, 4) is 0 Å². The van der Waals surface area contributed by atoms with Crippen LogP contribution < -0.4 is 5.32 Å². The van der Waals surface area contributed by atoms with E-state index in [1.54, 1.807) is 0 Å². The summed E-state index contributed by atoms with van der Waals surface area (Å²) in [5.74, 6) is 1.80. The molecule has 1 aliphatic heterocycles. The molecule has 0 atom stereocenters. The molecule has 0 saturated carbocycles. The third kappa shape index (κ3) is 2.11. The average molecular weight is 233 g/mol. The number of rotatable bonds is 4. The minimum absolute atomic E-state index is 0.338. The number of nitrogens with one attached hydrogen (secondary N) is 3. The monoisotopic (exact) mass is 233 g/mol. The lowest BCUT2D eigenvalue weighted by molar-refractivity contribution is 0.896. The second kappa shape index (κ2) is 4.70. The van der Waals surface area contributed by atoms with Gasteiger partial charge in [0.1, 0.15) is 11.7 Å². The third-order valence-electron chi connectivity index (χ3n) is 2.55. The Morgan fingerprint density at radius 1 is 1.19 bits per heavy atom. The Morgan fingerprint density at radius 2 is 1.94 bits per heavy atom. The Kier molecular flexibility index (Phi) is 3.29. The zero-order chi connectivity index (χ0) is 11.5. The van der Waals surface area contributed by atoms with Crippen molar-refractivity contribution in [3.05, 3.63) is 29.3 Å². The zero-order valence-electron chi connectivity index (χ0n) is 9.26. The van der Waals surface area contributed by atoms with Crippen LogP contribution in [0.25, 0.3) is 0 Å². The first-order valence-electron chi connectivity index (χ1n) is 5.44. The number of hydrogen-bond donors (Lipinski definition) is 3. The molecular formula is C12H15N3S. The number of unbranched alkanes of at least 4 members (excludes halogenated alkanes) is 1. The molecule has 0 radical (unpaired) electrons. The van der Waals surface area contributed by atoms with E-state index in [4.69, 9.17) is 10.8 Å². The summed E-state index contributed by atoms with van der Waals surface area (Å²) in [7, 11) is 0. The van der Waals surface area contributed by atoms with Crippen LogP contribution in [0.15, 0.2) is 23.1 Å². The fourth-order valence-corrected chi connectivity index (χ4v) is 2.67. The van der Waals surface area contributed by atoms with Crippen LogP contribution in [-0.2, 0) is 0 Å². The van der Waals surface area contributed by atoms with Crippen molar-refractivity contribution in [1.82, 2.24) is 5.32 Å². The molecule has 16 heavy (non-hydrogen) atoms. The van der Waals surface area contributed by atoms with Crippen LogP contribution in [0, 0.1) is 10.8 Å². The molecule has 2 rings (SSSR count). The lowest BCUT2D eigenvalue weighted by Gasteiger charge is -2.03. The molecule has 0 amide bonds. The molecule has 3 nitrogen and oxygen atoms in total. The molecule has 1 aromatic rings. The molecule has 0 unspecified atom stereocenters. The number of hydrogen-bond acceptors (Lipinski definition) is 3. The highest BCUT2D eigenvalue weighted by Gasteiger charge is 2.20. The van der Waals surface area contributed by atoms with Gasteiger partial charge in [0.2, 0.25) is 0 Å². The van der Waals surface area contributed by atoms with Gasteiger partial charge >= 0.3 is 0 Å². The van der Waals surface area contributed by atoms with Crippen molar-refractivity contribution in [3.63, 3.8) is 0 Å². The predicted octanol–water partition coefficient (Wildman–Crippen LogP) is 2.83. The maximum absolute atomic E-state index is 7.71. The zero-order valence-corrected chi connectivity index (χ0v) is 10.1. The fraction of sp³-hybridized carbons (Fsp3) is 0.333. The smallest absolute Gasteiger partial charge is 0.131 e. The molecule has 0 spiro atoms. The van der Waals surface area contributed by atoms with Crippen LogP contribution in [0.3, 0.4) is 0 Å². The molecule has 0 aromatic heterocycles. The standard InChI is InChI=1S/C12H15N3S/c1-2-3-6-16-8-4-5-9-10(7-8)12(14)15-11(9)13/h4-5,7H,2-3,6H2,1H3,(H3,13,14,15). The number of benzene rings is 1. The van der Waals surface area contributed by atoms with E-state index < -0.39 is 0 Å². The Labute approximate surface area is 99.7 Å². The first-order chi connectivity index (χ1) is 7.72. The minimum atomic E-state index is 0.338. The van der Waals surface area contributed by atoms with Gasteiger partial charge in [0.05, 0.1) is 0 Å². The van der Waals surface area contributed by atoms with Crippen molar-refractivity contribution in [2.45, 2.75) is 24.7 Å². The van der Waals surface area contributed by atoms with Gasteiger partial charge in [0.25, 0.3) is 0 Å². The van der Waals surface area contributed by atoms with Gasteiger partial charge in [0, 0.05) is 16.0 Å². The molecule has 1 heterocycles. The van der Waals surface area contributed by atoms with Crippen molar-refractivity contribution >= 4 is 23.4 Å². The molecule has 84 valence electrons. The van der Waals surface area contributed by atoms with Crippen molar-refractivity contribution in [2.24, 2.45) is 0 Å². The average Bonchev–Trinajstić information content (AvgIpc) is 2.55. The summed E-state index contributed by atoms with van der Waals surface area (Å²) in [4.78, 5) is 1.19. The van der Waals surface area contributed by atoms with Gasteiger partial charge in [-0.3, -0.25) is 10.8 Å². The minimum Gasteiger partial charge on any atom is -0.325 e. The van der Waals surface area contributed by atoms with Crippen molar-refractivity contribution in [2.75, 3.05) is 5.75 Å². The van der Waals surface area contributed by atoms with E-state index >= 15 is 0 Å². The largest absolute Gasteiger partial charge is 0.325 e. The lowest BCUT2D eigenvalue weighted by atomic mass is 10.1. The molecule has 1 aliphatic rings. The number of fused-ring (bicyclic) bond motifs is 1. The Balaban J connectivity index is 2.16. The highest BCUT2D eigenvalue weighted by molar-refractivity contribution is 7.99. The van der Waals surface area contributed by atoms with E-state index in [1.165, 1.54) is 17.7 Å². The number of amidine groups is 2. The van der Waals surface area contributed by atoms with E-state index in [-0.39, 0.29) is 0 Å². The molecule has 0 saturated heterocycles. The van der Waals surface area contributed by atoms with E-state index in [0.717, 1.165) is 16.9 Å². The molecule has 0 aliphatic carbocycles. The second-order valence-electron chi connectivity index (χ2n) is 3.78. The lowest BCUT2D eigenvalue weighted by Crippen LogP contribution is -2.20.